The maximum atomic E-state index is 9.76. The lowest BCUT2D eigenvalue weighted by Gasteiger charge is -1.95. The Bertz CT molecular complexity index is 493. The summed E-state index contributed by atoms with van der Waals surface area (Å²) in [5.74, 6) is -1.49. The standard InChI is InChI=1S/3C3H4N2.C2H5O5P/c3*1-2-4-5-3-1;3-2(4)1-8(5,6)7/h3*1-3H,(H,4,5);1H2,(H,3,4)(H2,5,6,7). The molecule has 0 atom stereocenters. The molecule has 0 radical (unpaired) electrons. The lowest BCUT2D eigenvalue weighted by Crippen LogP contribution is -2.01. The van der Waals surface area contributed by atoms with Crippen LogP contribution in [0.25, 0.3) is 0 Å². The van der Waals surface area contributed by atoms with Crippen LogP contribution in [0, 0.1) is 0 Å². The third-order valence-corrected chi connectivity index (χ3v) is 2.24. The third-order valence-electron chi connectivity index (χ3n) is 1.56. The normalized spacial score (nSPS) is 9.13. The van der Waals surface area contributed by atoms with Crippen molar-refractivity contribution in [3.05, 3.63) is 55.4 Å². The molecule has 0 spiro atoms. The quantitative estimate of drug-likeness (QED) is 0.363. The summed E-state index contributed by atoms with van der Waals surface area (Å²) in [6, 6.07) is 5.50. The fourth-order valence-electron chi connectivity index (χ4n) is 0.822. The molecule has 11 nitrogen and oxygen atoms in total. The number of aromatic nitrogens is 6. The van der Waals surface area contributed by atoms with Gasteiger partial charge in [0.25, 0.3) is 0 Å². The molecule has 0 aliphatic heterocycles. The van der Waals surface area contributed by atoms with Gasteiger partial charge in [-0.25, -0.2) is 0 Å². The highest BCUT2D eigenvalue weighted by Gasteiger charge is 2.17. The highest BCUT2D eigenvalue weighted by Crippen LogP contribution is 2.33. The van der Waals surface area contributed by atoms with E-state index in [0.29, 0.717) is 0 Å². The van der Waals surface area contributed by atoms with E-state index in [1.165, 1.54) is 0 Å². The van der Waals surface area contributed by atoms with Crippen molar-refractivity contribution in [3.63, 3.8) is 0 Å². The Morgan fingerprint density at radius 3 is 1.26 bits per heavy atom. The fourth-order valence-corrected chi connectivity index (χ4v) is 1.17. The number of carboxylic acids is 1. The van der Waals surface area contributed by atoms with Crippen molar-refractivity contribution in [1.82, 2.24) is 30.6 Å². The number of H-pyrrole nitrogens is 3. The Kier molecular flexibility index (Phi) is 11.4. The maximum Gasteiger partial charge on any atom is 0.336 e. The lowest BCUT2D eigenvalue weighted by molar-refractivity contribution is -0.134. The number of carboxylic acid groups (broad SMARTS) is 1. The van der Waals surface area contributed by atoms with E-state index < -0.39 is 19.7 Å². The summed E-state index contributed by atoms with van der Waals surface area (Å²) in [6.45, 7) is 0. The molecule has 12 heteroatoms. The van der Waals surface area contributed by atoms with Crippen molar-refractivity contribution in [2.45, 2.75) is 0 Å². The summed E-state index contributed by atoms with van der Waals surface area (Å²) in [4.78, 5) is 25.4. The monoisotopic (exact) mass is 344 g/mol. The summed E-state index contributed by atoms with van der Waals surface area (Å²) in [5.41, 5.74) is 0. The van der Waals surface area contributed by atoms with Crippen molar-refractivity contribution in [2.75, 3.05) is 6.16 Å². The number of hydrogen-bond acceptors (Lipinski definition) is 5. The van der Waals surface area contributed by atoms with E-state index in [1.54, 1.807) is 37.2 Å². The minimum absolute atomic E-state index is 1.09. The van der Waals surface area contributed by atoms with Gasteiger partial charge in [0.2, 0.25) is 0 Å². The molecule has 0 fully saturated rings. The lowest BCUT2D eigenvalue weighted by atomic mass is 10.8. The second-order valence-corrected chi connectivity index (χ2v) is 5.16. The first-order valence-electron chi connectivity index (χ1n) is 5.99. The van der Waals surface area contributed by atoms with Crippen LogP contribution in [0.3, 0.4) is 0 Å². The summed E-state index contributed by atoms with van der Waals surface area (Å²) in [5, 5.41) is 26.4. The van der Waals surface area contributed by atoms with E-state index in [9.17, 15) is 9.36 Å². The largest absolute Gasteiger partial charge is 0.481 e. The Morgan fingerprint density at radius 1 is 0.870 bits per heavy atom. The molecule has 0 aliphatic carbocycles. The minimum Gasteiger partial charge on any atom is -0.481 e. The molecule has 0 saturated heterocycles. The number of carbonyl (C=O) groups is 1. The van der Waals surface area contributed by atoms with E-state index in [2.05, 4.69) is 30.6 Å². The zero-order valence-corrected chi connectivity index (χ0v) is 12.7. The van der Waals surface area contributed by atoms with Crippen LogP contribution in [0.1, 0.15) is 0 Å². The van der Waals surface area contributed by atoms with E-state index in [4.69, 9.17) is 14.9 Å². The summed E-state index contributed by atoms with van der Waals surface area (Å²) in [6.07, 6.45) is 9.28. The van der Waals surface area contributed by atoms with Crippen molar-refractivity contribution < 1.29 is 24.3 Å². The molecule has 0 aromatic carbocycles. The molecular weight excluding hydrogens is 327 g/mol. The Labute approximate surface area is 130 Å². The van der Waals surface area contributed by atoms with Crippen LogP contribution in [0.2, 0.25) is 0 Å². The second kappa shape index (κ2) is 13.0. The molecule has 6 N–H and O–H groups in total. The first-order valence-corrected chi connectivity index (χ1v) is 7.79. The Morgan fingerprint density at radius 2 is 1.22 bits per heavy atom. The molecule has 0 aliphatic rings. The molecule has 126 valence electrons. The first kappa shape index (κ1) is 20.2. The highest BCUT2D eigenvalue weighted by molar-refractivity contribution is 7.52. The van der Waals surface area contributed by atoms with Gasteiger partial charge in [-0.3, -0.25) is 24.7 Å². The molecule has 3 heterocycles. The van der Waals surface area contributed by atoms with Gasteiger partial charge in [0.05, 0.1) is 0 Å². The molecule has 0 amide bonds. The van der Waals surface area contributed by atoms with Gasteiger partial charge in [0.15, 0.2) is 0 Å². The van der Waals surface area contributed by atoms with Gasteiger partial charge in [0, 0.05) is 37.2 Å². The molecule has 3 rings (SSSR count). The van der Waals surface area contributed by atoms with Gasteiger partial charge in [-0.1, -0.05) is 0 Å². The van der Waals surface area contributed by atoms with Crippen molar-refractivity contribution in [1.29, 1.82) is 0 Å². The molecule has 0 unspecified atom stereocenters. The van der Waals surface area contributed by atoms with Crippen molar-refractivity contribution in [3.8, 4) is 0 Å². The number of nitrogens with one attached hydrogen (secondary N) is 3. The van der Waals surface area contributed by atoms with Gasteiger partial charge in [-0.2, -0.15) is 15.3 Å². The predicted octanol–water partition coefficient (Wildman–Crippen LogP) is 0.478. The van der Waals surface area contributed by atoms with Crippen LogP contribution in [-0.2, 0) is 9.36 Å². The fraction of sp³-hybridized carbons (Fsp3) is 0.0909. The Balaban J connectivity index is 0.000000286. The van der Waals surface area contributed by atoms with Crippen molar-refractivity contribution in [2.24, 2.45) is 0 Å². The van der Waals surface area contributed by atoms with Crippen LogP contribution in [0.15, 0.2) is 55.4 Å². The zero-order valence-electron chi connectivity index (χ0n) is 11.9. The second-order valence-electron chi connectivity index (χ2n) is 3.52. The third kappa shape index (κ3) is 19.2. The Hall–Kier alpha value is -2.75. The summed E-state index contributed by atoms with van der Waals surface area (Å²) >= 11 is 0. The smallest absolute Gasteiger partial charge is 0.336 e. The van der Waals surface area contributed by atoms with Gasteiger partial charge in [0.1, 0.15) is 6.16 Å². The average Bonchev–Trinajstić information content (AvgIpc) is 3.24. The maximum absolute atomic E-state index is 9.76. The van der Waals surface area contributed by atoms with Gasteiger partial charge in [-0.15, -0.1) is 0 Å². The molecule has 3 aromatic rings. The highest BCUT2D eigenvalue weighted by atomic mass is 31.2. The topological polar surface area (TPSA) is 181 Å². The molecule has 23 heavy (non-hydrogen) atoms. The van der Waals surface area contributed by atoms with E-state index in [-0.39, 0.29) is 0 Å². The number of hydrogen-bond donors (Lipinski definition) is 6. The van der Waals surface area contributed by atoms with Crippen molar-refractivity contribution >= 4 is 13.6 Å². The van der Waals surface area contributed by atoms with Gasteiger partial charge in [-0.05, 0) is 18.2 Å². The van der Waals surface area contributed by atoms with Crippen LogP contribution in [0.5, 0.6) is 0 Å². The zero-order chi connectivity index (χ0) is 17.4. The van der Waals surface area contributed by atoms with Crippen LogP contribution in [-0.4, -0.2) is 57.6 Å². The van der Waals surface area contributed by atoms with E-state index >= 15 is 0 Å². The predicted molar refractivity (Wildman–Crippen MR) is 80.3 cm³/mol. The average molecular weight is 344 g/mol. The molecule has 0 bridgehead atoms. The SMILES string of the molecule is O=C(O)CP(=O)(O)O.c1cn[nH]c1.c1cn[nH]c1.c1cn[nH]c1. The molecule has 0 saturated carbocycles. The van der Waals surface area contributed by atoms with Gasteiger partial charge < -0.3 is 14.9 Å². The van der Waals surface area contributed by atoms with Crippen LogP contribution >= 0.6 is 7.60 Å². The molecule has 3 aromatic heterocycles. The summed E-state index contributed by atoms with van der Waals surface area (Å²) in [7, 11) is -4.32. The minimum atomic E-state index is -4.32. The number of rotatable bonds is 2. The number of nitrogens with zero attached hydrogens (tertiary/aromatic N) is 3. The van der Waals surface area contributed by atoms with Gasteiger partial charge >= 0.3 is 13.6 Å². The molecular formula is C11H17N6O5P. The first-order chi connectivity index (χ1) is 10.9. The van der Waals surface area contributed by atoms with E-state index in [0.717, 1.165) is 0 Å². The van der Waals surface area contributed by atoms with E-state index in [1.807, 2.05) is 18.2 Å². The van der Waals surface area contributed by atoms with Crippen LogP contribution < -0.4 is 0 Å². The number of aromatic amines is 3. The summed E-state index contributed by atoms with van der Waals surface area (Å²) < 4.78 is 9.76. The van der Waals surface area contributed by atoms with Crippen LogP contribution in [0.4, 0.5) is 0 Å². The number of aliphatic carboxylic acids is 1.